The number of nitriles is 1. The zero-order valence-corrected chi connectivity index (χ0v) is 18.6. The lowest BCUT2D eigenvalue weighted by Gasteiger charge is -2.35. The highest BCUT2D eigenvalue weighted by Crippen LogP contribution is 2.49. The summed E-state index contributed by atoms with van der Waals surface area (Å²) in [5, 5.41) is 21.6. The standard InChI is InChI=1S/C23H29N3O5/c1-22(2,3)31-21(27)25-11-5-7-16(8-12-25)17-13-19(26(28)29)18(14-20(17)30-4)23(15-24)9-6-10-23/h8,13-14H,5-7,9-12H2,1-4H3. The highest BCUT2D eigenvalue weighted by Gasteiger charge is 2.44. The molecule has 1 aliphatic carbocycles. The number of methoxy groups -OCH3 is 1. The lowest BCUT2D eigenvalue weighted by molar-refractivity contribution is -0.386. The Hall–Kier alpha value is -3.08. The van der Waals surface area contributed by atoms with Crippen molar-refractivity contribution in [3.8, 4) is 11.8 Å². The van der Waals surface area contributed by atoms with Gasteiger partial charge in [0, 0.05) is 24.7 Å². The van der Waals surface area contributed by atoms with E-state index in [1.165, 1.54) is 13.2 Å². The number of ether oxygens (including phenoxy) is 2. The van der Waals surface area contributed by atoms with E-state index in [1.54, 1.807) is 11.0 Å². The molecule has 0 saturated heterocycles. The van der Waals surface area contributed by atoms with Crippen LogP contribution in [-0.4, -0.2) is 41.7 Å². The quantitative estimate of drug-likeness (QED) is 0.496. The van der Waals surface area contributed by atoms with E-state index in [4.69, 9.17) is 9.47 Å². The Bertz CT molecular complexity index is 951. The van der Waals surface area contributed by atoms with Crippen LogP contribution in [0.25, 0.3) is 5.57 Å². The average Bonchev–Trinajstić information content (AvgIpc) is 2.92. The maximum atomic E-state index is 12.4. The minimum absolute atomic E-state index is 0.0498. The van der Waals surface area contributed by atoms with Crippen LogP contribution in [0.3, 0.4) is 0 Å². The van der Waals surface area contributed by atoms with Crippen molar-refractivity contribution in [3.63, 3.8) is 0 Å². The number of allylic oxidation sites excluding steroid dienone is 1. The molecule has 0 bridgehead atoms. The summed E-state index contributed by atoms with van der Waals surface area (Å²) in [4.78, 5) is 25.5. The number of nitro groups is 1. The molecule has 2 aliphatic rings. The van der Waals surface area contributed by atoms with E-state index < -0.39 is 15.9 Å². The molecule has 0 unspecified atom stereocenters. The summed E-state index contributed by atoms with van der Waals surface area (Å²) in [7, 11) is 1.53. The van der Waals surface area contributed by atoms with E-state index in [2.05, 4.69) is 6.07 Å². The predicted octanol–water partition coefficient (Wildman–Crippen LogP) is 4.96. The molecule has 166 valence electrons. The van der Waals surface area contributed by atoms with Gasteiger partial charge in [0.25, 0.3) is 5.69 Å². The minimum Gasteiger partial charge on any atom is -0.496 e. The van der Waals surface area contributed by atoms with Crippen LogP contribution in [0.5, 0.6) is 5.75 Å². The van der Waals surface area contributed by atoms with Gasteiger partial charge in [-0.05, 0) is 64.5 Å². The predicted molar refractivity (Wildman–Crippen MR) is 116 cm³/mol. The molecule has 1 aromatic rings. The molecule has 0 aromatic heterocycles. The molecule has 0 atom stereocenters. The monoisotopic (exact) mass is 427 g/mol. The summed E-state index contributed by atoms with van der Waals surface area (Å²) in [6, 6.07) is 5.48. The van der Waals surface area contributed by atoms with Crippen molar-refractivity contribution in [2.75, 3.05) is 20.2 Å². The van der Waals surface area contributed by atoms with Crippen LogP contribution in [0.1, 0.15) is 64.0 Å². The third kappa shape index (κ3) is 4.66. The summed E-state index contributed by atoms with van der Waals surface area (Å²) >= 11 is 0. The second-order valence-corrected chi connectivity index (χ2v) is 9.13. The fourth-order valence-electron chi connectivity index (χ4n) is 4.11. The van der Waals surface area contributed by atoms with Crippen LogP contribution >= 0.6 is 0 Å². The maximum absolute atomic E-state index is 12.4. The molecule has 1 saturated carbocycles. The van der Waals surface area contributed by atoms with Crippen LogP contribution in [0.4, 0.5) is 10.5 Å². The van der Waals surface area contributed by atoms with E-state index in [1.807, 2.05) is 26.8 Å². The van der Waals surface area contributed by atoms with Gasteiger partial charge in [0.1, 0.15) is 11.4 Å². The van der Waals surface area contributed by atoms with E-state index in [9.17, 15) is 20.2 Å². The van der Waals surface area contributed by atoms with Crippen LogP contribution < -0.4 is 4.74 Å². The first-order chi connectivity index (χ1) is 14.6. The molecular weight excluding hydrogens is 398 g/mol. The summed E-state index contributed by atoms with van der Waals surface area (Å²) in [5.41, 5.74) is 0.504. The third-order valence-electron chi connectivity index (χ3n) is 5.88. The van der Waals surface area contributed by atoms with E-state index in [0.29, 0.717) is 55.6 Å². The number of carbonyl (C=O) groups is 1. The first kappa shape index (κ1) is 22.6. The zero-order valence-electron chi connectivity index (χ0n) is 18.6. The fraction of sp³-hybridized carbons (Fsp3) is 0.565. The molecule has 8 nitrogen and oxygen atoms in total. The molecule has 0 radical (unpaired) electrons. The average molecular weight is 428 g/mol. The third-order valence-corrected chi connectivity index (χ3v) is 5.88. The van der Waals surface area contributed by atoms with Crippen molar-refractivity contribution in [1.29, 1.82) is 5.26 Å². The van der Waals surface area contributed by atoms with Crippen molar-refractivity contribution in [1.82, 2.24) is 4.90 Å². The van der Waals surface area contributed by atoms with Crippen LogP contribution in [-0.2, 0) is 10.2 Å². The van der Waals surface area contributed by atoms with Crippen LogP contribution in [0.2, 0.25) is 0 Å². The van der Waals surface area contributed by atoms with Gasteiger partial charge in [0.2, 0.25) is 0 Å². The maximum Gasteiger partial charge on any atom is 0.410 e. The first-order valence-corrected chi connectivity index (χ1v) is 10.6. The number of amides is 1. The SMILES string of the molecule is COc1cc(C2(C#N)CCC2)c([N+](=O)[O-])cc1C1=CCN(C(=O)OC(C)(C)C)CCC1. The molecule has 1 aliphatic heterocycles. The van der Waals surface area contributed by atoms with Gasteiger partial charge in [-0.2, -0.15) is 5.26 Å². The Balaban J connectivity index is 1.97. The van der Waals surface area contributed by atoms with Crippen molar-refractivity contribution >= 4 is 17.4 Å². The molecule has 8 heteroatoms. The Kier molecular flexibility index (Phi) is 6.25. The van der Waals surface area contributed by atoms with Gasteiger partial charge in [-0.1, -0.05) is 6.08 Å². The van der Waals surface area contributed by atoms with Gasteiger partial charge >= 0.3 is 6.09 Å². The summed E-state index contributed by atoms with van der Waals surface area (Å²) < 4.78 is 11.1. The van der Waals surface area contributed by atoms with Crippen molar-refractivity contribution in [3.05, 3.63) is 39.4 Å². The van der Waals surface area contributed by atoms with E-state index >= 15 is 0 Å². The normalized spacial score (nSPS) is 18.2. The molecule has 31 heavy (non-hydrogen) atoms. The summed E-state index contributed by atoms with van der Waals surface area (Å²) in [6.07, 6.45) is 4.98. The zero-order chi connectivity index (χ0) is 22.8. The van der Waals surface area contributed by atoms with Crippen LogP contribution in [0.15, 0.2) is 18.2 Å². The lowest BCUT2D eigenvalue weighted by atomic mass is 9.65. The van der Waals surface area contributed by atoms with Gasteiger partial charge < -0.3 is 14.4 Å². The number of benzene rings is 1. The molecule has 0 N–H and O–H groups in total. The minimum atomic E-state index is -0.820. The smallest absolute Gasteiger partial charge is 0.410 e. The molecular formula is C23H29N3O5. The Morgan fingerprint density at radius 2 is 2.00 bits per heavy atom. The van der Waals surface area contributed by atoms with Gasteiger partial charge in [0.15, 0.2) is 0 Å². The van der Waals surface area contributed by atoms with Crippen molar-refractivity contribution in [2.45, 2.75) is 63.9 Å². The van der Waals surface area contributed by atoms with Gasteiger partial charge in [0.05, 0.1) is 29.1 Å². The number of hydrogen-bond donors (Lipinski definition) is 0. The number of nitrogens with zero attached hydrogens (tertiary/aromatic N) is 3. The molecule has 1 amide bonds. The molecule has 1 aromatic carbocycles. The number of nitro benzene ring substituents is 1. The topological polar surface area (TPSA) is 106 Å². The molecule has 0 spiro atoms. The van der Waals surface area contributed by atoms with Crippen LogP contribution in [0, 0.1) is 21.4 Å². The van der Waals surface area contributed by atoms with E-state index in [0.717, 1.165) is 12.0 Å². The fourth-order valence-corrected chi connectivity index (χ4v) is 4.11. The number of hydrogen-bond acceptors (Lipinski definition) is 6. The van der Waals surface area contributed by atoms with Crippen molar-refractivity contribution in [2.24, 2.45) is 0 Å². The number of carbonyl (C=O) groups excluding carboxylic acids is 1. The highest BCUT2D eigenvalue weighted by molar-refractivity contribution is 5.76. The summed E-state index contributed by atoms with van der Waals surface area (Å²) in [6.45, 7) is 6.36. The second-order valence-electron chi connectivity index (χ2n) is 9.13. The Labute approximate surface area is 182 Å². The Morgan fingerprint density at radius 3 is 2.52 bits per heavy atom. The lowest BCUT2D eigenvalue weighted by Crippen LogP contribution is -2.37. The largest absolute Gasteiger partial charge is 0.496 e. The molecule has 1 heterocycles. The van der Waals surface area contributed by atoms with Gasteiger partial charge in [-0.25, -0.2) is 4.79 Å². The highest BCUT2D eigenvalue weighted by atomic mass is 16.6. The molecule has 3 rings (SSSR count). The first-order valence-electron chi connectivity index (χ1n) is 10.6. The second kappa shape index (κ2) is 8.58. The Morgan fingerprint density at radius 1 is 1.29 bits per heavy atom. The van der Waals surface area contributed by atoms with Gasteiger partial charge in [-0.3, -0.25) is 10.1 Å². The molecule has 1 fully saturated rings. The van der Waals surface area contributed by atoms with Crippen molar-refractivity contribution < 1.29 is 19.2 Å². The van der Waals surface area contributed by atoms with E-state index in [-0.39, 0.29) is 11.8 Å². The number of rotatable bonds is 4. The van der Waals surface area contributed by atoms with Gasteiger partial charge in [-0.15, -0.1) is 0 Å². The summed E-state index contributed by atoms with van der Waals surface area (Å²) in [5.74, 6) is 0.513.